The molecule has 3 aromatic rings. The van der Waals surface area contributed by atoms with Crippen molar-refractivity contribution in [1.82, 2.24) is 14.8 Å². The molecule has 0 atom stereocenters. The van der Waals surface area contributed by atoms with Gasteiger partial charge in [-0.3, -0.25) is 9.69 Å². The van der Waals surface area contributed by atoms with Crippen molar-refractivity contribution in [2.24, 2.45) is 0 Å². The number of hydrogen-bond acceptors (Lipinski definition) is 7. The number of rotatable bonds is 7. The molecule has 8 nitrogen and oxygen atoms in total. The monoisotopic (exact) mass is 586 g/mol. The summed E-state index contributed by atoms with van der Waals surface area (Å²) in [5.74, 6) is -1.39. The number of alkyl halides is 3. The van der Waals surface area contributed by atoms with Crippen LogP contribution in [0, 0.1) is 5.82 Å². The van der Waals surface area contributed by atoms with Gasteiger partial charge >= 0.3 is 6.18 Å². The molecule has 2 aromatic carbocycles. The Balaban J connectivity index is 1.51. The second kappa shape index (κ2) is 12.6. The van der Waals surface area contributed by atoms with Crippen molar-refractivity contribution in [3.8, 4) is 11.1 Å². The lowest BCUT2D eigenvalue weighted by Gasteiger charge is -2.35. The van der Waals surface area contributed by atoms with Gasteiger partial charge in [-0.2, -0.15) is 13.2 Å². The van der Waals surface area contributed by atoms with Gasteiger partial charge in [0.2, 0.25) is 0 Å². The molecule has 0 aliphatic carbocycles. The van der Waals surface area contributed by atoms with Crippen LogP contribution in [0.5, 0.6) is 0 Å². The first-order valence-corrected chi connectivity index (χ1v) is 13.8. The summed E-state index contributed by atoms with van der Waals surface area (Å²) in [5.41, 5.74) is 1.02. The Hall–Kier alpha value is -3.74. The van der Waals surface area contributed by atoms with Gasteiger partial charge in [0.25, 0.3) is 5.91 Å². The van der Waals surface area contributed by atoms with Crippen molar-refractivity contribution in [1.29, 1.82) is 0 Å². The van der Waals surface area contributed by atoms with E-state index >= 15 is 4.39 Å². The Morgan fingerprint density at radius 3 is 2.43 bits per heavy atom. The molecule has 5 rings (SSSR count). The van der Waals surface area contributed by atoms with E-state index in [1.807, 2.05) is 7.05 Å². The standard InChI is InChI=1S/C30H34F4N6O2/c1-35-28-17-24(30(32,33)34)23(18-36-28)29(41)37-26-16-21(4-6-27(26)40-9-7-38(2)8-10-40)22-15-20(3-5-25(22)31)19-39-11-13-42-14-12-39/h3-6,15-18H,7-14,19H2,1-2H3,(H,35,36)(H,37,41). The normalized spacial score (nSPS) is 16.9. The summed E-state index contributed by atoms with van der Waals surface area (Å²) < 4.78 is 62.3. The van der Waals surface area contributed by atoms with E-state index in [1.165, 1.54) is 13.1 Å². The van der Waals surface area contributed by atoms with Gasteiger partial charge in [0, 0.05) is 64.6 Å². The van der Waals surface area contributed by atoms with Crippen LogP contribution in [0.4, 0.5) is 34.8 Å². The van der Waals surface area contributed by atoms with Gasteiger partial charge in [0.15, 0.2) is 0 Å². The quantitative estimate of drug-likeness (QED) is 0.386. The molecule has 2 aliphatic heterocycles. The number of carbonyl (C=O) groups is 1. The predicted octanol–water partition coefficient (Wildman–Crippen LogP) is 4.78. The highest BCUT2D eigenvalue weighted by Gasteiger charge is 2.36. The molecule has 1 aromatic heterocycles. The van der Waals surface area contributed by atoms with Crippen LogP contribution in [0.2, 0.25) is 0 Å². The summed E-state index contributed by atoms with van der Waals surface area (Å²) in [6.45, 7) is 6.38. The van der Waals surface area contributed by atoms with E-state index in [-0.39, 0.29) is 5.82 Å². The van der Waals surface area contributed by atoms with Crippen molar-refractivity contribution in [2.45, 2.75) is 12.7 Å². The molecule has 0 unspecified atom stereocenters. The minimum absolute atomic E-state index is 0.00793. The average Bonchev–Trinajstić information content (AvgIpc) is 2.98. The second-order valence-electron chi connectivity index (χ2n) is 10.5. The van der Waals surface area contributed by atoms with Crippen molar-refractivity contribution < 1.29 is 27.1 Å². The minimum Gasteiger partial charge on any atom is -0.379 e. The number of likely N-dealkylation sites (N-methyl/N-ethyl adjacent to an activating group) is 1. The Morgan fingerprint density at radius 2 is 1.74 bits per heavy atom. The third-order valence-electron chi connectivity index (χ3n) is 7.65. The zero-order valence-electron chi connectivity index (χ0n) is 23.6. The van der Waals surface area contributed by atoms with Crippen LogP contribution in [-0.4, -0.2) is 87.3 Å². The number of ether oxygens (including phenoxy) is 1. The van der Waals surface area contributed by atoms with E-state index in [2.05, 4.69) is 30.3 Å². The molecule has 2 fully saturated rings. The van der Waals surface area contributed by atoms with Crippen molar-refractivity contribution in [2.75, 3.05) is 82.1 Å². The molecule has 2 saturated heterocycles. The van der Waals surface area contributed by atoms with E-state index in [0.717, 1.165) is 44.0 Å². The molecule has 42 heavy (non-hydrogen) atoms. The van der Waals surface area contributed by atoms with E-state index in [1.54, 1.807) is 30.3 Å². The molecular formula is C30H34F4N6O2. The van der Waals surface area contributed by atoms with Gasteiger partial charge in [-0.1, -0.05) is 12.1 Å². The minimum atomic E-state index is -4.77. The molecule has 2 aliphatic rings. The first kappa shape index (κ1) is 29.7. The van der Waals surface area contributed by atoms with Crippen LogP contribution in [-0.2, 0) is 17.5 Å². The summed E-state index contributed by atoms with van der Waals surface area (Å²) in [6, 6.07) is 11.0. The second-order valence-corrected chi connectivity index (χ2v) is 10.5. The molecule has 3 heterocycles. The number of pyridine rings is 1. The Labute approximate surface area is 242 Å². The maximum atomic E-state index is 15.2. The lowest BCUT2D eigenvalue weighted by atomic mass is 10.00. The average molecular weight is 587 g/mol. The lowest BCUT2D eigenvalue weighted by Crippen LogP contribution is -2.44. The fraction of sp³-hybridized carbons (Fsp3) is 0.400. The molecule has 0 bridgehead atoms. The van der Waals surface area contributed by atoms with Gasteiger partial charge in [-0.25, -0.2) is 9.37 Å². The molecule has 1 amide bonds. The predicted molar refractivity (Wildman–Crippen MR) is 154 cm³/mol. The molecule has 2 N–H and O–H groups in total. The molecule has 0 saturated carbocycles. The summed E-state index contributed by atoms with van der Waals surface area (Å²) in [5, 5.41) is 5.27. The summed E-state index contributed by atoms with van der Waals surface area (Å²) in [4.78, 5) is 23.8. The van der Waals surface area contributed by atoms with Gasteiger partial charge in [0.05, 0.1) is 35.7 Å². The number of nitrogens with zero attached hydrogens (tertiary/aromatic N) is 4. The number of piperazine rings is 1. The van der Waals surface area contributed by atoms with Crippen molar-refractivity contribution >= 4 is 23.1 Å². The van der Waals surface area contributed by atoms with Crippen molar-refractivity contribution in [3.05, 3.63) is 71.2 Å². The fourth-order valence-electron chi connectivity index (χ4n) is 5.23. The van der Waals surface area contributed by atoms with Crippen LogP contribution in [0.1, 0.15) is 21.5 Å². The molecule has 0 radical (unpaired) electrons. The van der Waals surface area contributed by atoms with E-state index in [9.17, 15) is 18.0 Å². The van der Waals surface area contributed by atoms with E-state index < -0.39 is 29.0 Å². The van der Waals surface area contributed by atoms with Crippen LogP contribution >= 0.6 is 0 Å². The molecule has 0 spiro atoms. The van der Waals surface area contributed by atoms with E-state index in [4.69, 9.17) is 4.74 Å². The SMILES string of the molecule is CNc1cc(C(F)(F)F)c(C(=O)Nc2cc(-c3cc(CN4CCOCC4)ccc3F)ccc2N2CCN(C)CC2)cn1. The van der Waals surface area contributed by atoms with Gasteiger partial charge < -0.3 is 25.2 Å². The lowest BCUT2D eigenvalue weighted by molar-refractivity contribution is -0.137. The number of aromatic nitrogens is 1. The highest BCUT2D eigenvalue weighted by molar-refractivity contribution is 6.07. The Morgan fingerprint density at radius 1 is 1.00 bits per heavy atom. The van der Waals surface area contributed by atoms with Crippen molar-refractivity contribution in [3.63, 3.8) is 0 Å². The van der Waals surface area contributed by atoms with Crippen LogP contribution in [0.3, 0.4) is 0 Å². The number of benzene rings is 2. The van der Waals surface area contributed by atoms with Crippen LogP contribution in [0.15, 0.2) is 48.7 Å². The maximum absolute atomic E-state index is 15.2. The fourth-order valence-corrected chi connectivity index (χ4v) is 5.23. The third kappa shape index (κ3) is 6.83. The van der Waals surface area contributed by atoms with Crippen LogP contribution < -0.4 is 15.5 Å². The number of hydrogen-bond donors (Lipinski definition) is 2. The maximum Gasteiger partial charge on any atom is 0.417 e. The largest absolute Gasteiger partial charge is 0.417 e. The smallest absolute Gasteiger partial charge is 0.379 e. The summed E-state index contributed by atoms with van der Waals surface area (Å²) in [7, 11) is 3.46. The van der Waals surface area contributed by atoms with Gasteiger partial charge in [-0.15, -0.1) is 0 Å². The Kier molecular flexibility index (Phi) is 8.95. The number of anilines is 3. The first-order chi connectivity index (χ1) is 20.1. The van der Waals surface area contributed by atoms with Gasteiger partial charge in [0.1, 0.15) is 11.6 Å². The number of morpholine rings is 1. The zero-order valence-corrected chi connectivity index (χ0v) is 23.6. The molecule has 224 valence electrons. The summed E-state index contributed by atoms with van der Waals surface area (Å²) >= 11 is 0. The number of nitrogens with one attached hydrogen (secondary N) is 2. The van der Waals surface area contributed by atoms with Crippen LogP contribution in [0.25, 0.3) is 11.1 Å². The van der Waals surface area contributed by atoms with E-state index in [0.29, 0.717) is 55.3 Å². The molecular weight excluding hydrogens is 552 g/mol. The molecule has 12 heteroatoms. The van der Waals surface area contributed by atoms with Gasteiger partial charge in [-0.05, 0) is 48.5 Å². The zero-order chi connectivity index (χ0) is 29.9. The number of amides is 1. The third-order valence-corrected chi connectivity index (χ3v) is 7.65. The highest BCUT2D eigenvalue weighted by atomic mass is 19.4. The number of halogens is 4. The number of carbonyl (C=O) groups excluding carboxylic acids is 1. The Bertz CT molecular complexity index is 1420. The topological polar surface area (TPSA) is 73.0 Å². The summed E-state index contributed by atoms with van der Waals surface area (Å²) in [6.07, 6.45) is -3.86. The highest BCUT2D eigenvalue weighted by Crippen LogP contribution is 2.36. The first-order valence-electron chi connectivity index (χ1n) is 13.8.